The van der Waals surface area contributed by atoms with Crippen LogP contribution in [0, 0.1) is 5.21 Å². The highest BCUT2D eigenvalue weighted by Gasteiger charge is 2.42. The lowest BCUT2D eigenvalue weighted by Crippen LogP contribution is -2.55. The summed E-state index contributed by atoms with van der Waals surface area (Å²) in [5.41, 5.74) is 0. The minimum absolute atomic E-state index is 0.324. The van der Waals surface area contributed by atoms with E-state index in [1.54, 1.807) is 6.26 Å². The van der Waals surface area contributed by atoms with Gasteiger partial charge in [0.25, 0.3) is 5.19 Å². The Labute approximate surface area is 157 Å². The van der Waals surface area contributed by atoms with E-state index in [2.05, 4.69) is 22.4 Å². The maximum Gasteiger partial charge on any atom is 0.312 e. The number of likely N-dealkylation sites (N-methyl/N-ethyl adjacent to an activating group) is 1. The van der Waals surface area contributed by atoms with Crippen molar-refractivity contribution in [1.29, 1.82) is 0 Å². The number of quaternary nitrogens is 1. The minimum atomic E-state index is -0.561. The van der Waals surface area contributed by atoms with Gasteiger partial charge < -0.3 is 14.4 Å². The van der Waals surface area contributed by atoms with Crippen LogP contribution < -0.4 is 14.7 Å². The molecule has 0 aliphatic carbocycles. The molecule has 0 saturated carbocycles. The molecule has 1 fully saturated rings. The smallest absolute Gasteiger partial charge is 0.312 e. The number of unbranched alkanes of at least 4 members (excludes halogenated alkanes) is 3. The first-order valence-electron chi connectivity index (χ1n) is 9.11. The molecule has 2 aromatic rings. The van der Waals surface area contributed by atoms with Gasteiger partial charge in [-0.1, -0.05) is 36.4 Å². The average molecular weight is 382 g/mol. The Hall–Kier alpha value is -1.52. The van der Waals surface area contributed by atoms with Gasteiger partial charge >= 0.3 is 5.13 Å². The summed E-state index contributed by atoms with van der Waals surface area (Å²) >= 11 is 1.25. The molecule has 9 heteroatoms. The number of hydrogen-bond donors (Lipinski definition) is 1. The molecule has 1 saturated heterocycles. The Bertz CT molecular complexity index is 665. The molecule has 0 bridgehead atoms. The molecule has 1 N–H and O–H groups in total. The highest BCUT2D eigenvalue weighted by Crippen LogP contribution is 2.35. The summed E-state index contributed by atoms with van der Waals surface area (Å²) in [7, 11) is 1.94. The van der Waals surface area contributed by atoms with Crippen LogP contribution in [0.15, 0.2) is 22.8 Å². The zero-order valence-corrected chi connectivity index (χ0v) is 16.2. The first-order valence-corrected chi connectivity index (χ1v) is 9.93. The Kier molecular flexibility index (Phi) is 6.60. The van der Waals surface area contributed by atoms with Crippen molar-refractivity contribution in [1.82, 2.24) is 25.1 Å². The lowest BCUT2D eigenvalue weighted by atomic mass is 10.2. The zero-order valence-electron chi connectivity index (χ0n) is 15.4. The highest BCUT2D eigenvalue weighted by molar-refractivity contribution is 7.16. The van der Waals surface area contributed by atoms with Crippen LogP contribution >= 0.6 is 11.3 Å². The molecule has 1 aliphatic rings. The predicted molar refractivity (Wildman–Crippen MR) is 102 cm³/mol. The number of ether oxygens (including phenoxy) is 1. The van der Waals surface area contributed by atoms with Crippen LogP contribution in [-0.2, 0) is 6.54 Å². The monoisotopic (exact) mass is 381 g/mol. The fourth-order valence-electron chi connectivity index (χ4n) is 3.08. The summed E-state index contributed by atoms with van der Waals surface area (Å²) in [4.78, 5) is 2.00. The maximum absolute atomic E-state index is 13.5. The summed E-state index contributed by atoms with van der Waals surface area (Å²) in [6, 6.07) is 3.73. The summed E-state index contributed by atoms with van der Waals surface area (Å²) in [6.45, 7) is 4.28. The summed E-state index contributed by atoms with van der Waals surface area (Å²) < 4.78 is 10.4. The van der Waals surface area contributed by atoms with Crippen LogP contribution in [0.4, 0.5) is 5.13 Å². The second-order valence-corrected chi connectivity index (χ2v) is 7.63. The molecule has 2 aromatic heterocycles. The first-order chi connectivity index (χ1) is 12.6. The van der Waals surface area contributed by atoms with Gasteiger partial charge in [0.1, 0.15) is 12.4 Å². The number of rotatable bonds is 10. The number of nitrogens with one attached hydrogen (secondary N) is 1. The molecule has 0 spiro atoms. The number of furan rings is 1. The summed E-state index contributed by atoms with van der Waals surface area (Å²) in [6.07, 6.45) is 5.85. The van der Waals surface area contributed by atoms with E-state index in [9.17, 15) is 5.21 Å². The third-order valence-corrected chi connectivity index (χ3v) is 5.42. The normalized spacial score (nSPS) is 23.6. The second kappa shape index (κ2) is 8.92. The van der Waals surface area contributed by atoms with Crippen molar-refractivity contribution >= 4 is 16.5 Å². The molecule has 144 valence electrons. The van der Waals surface area contributed by atoms with Crippen molar-refractivity contribution in [2.75, 3.05) is 26.9 Å². The zero-order chi connectivity index (χ0) is 18.4. The Morgan fingerprint density at radius 1 is 1.42 bits per heavy atom. The lowest BCUT2D eigenvalue weighted by molar-refractivity contribution is 0.280. The predicted octanol–water partition coefficient (Wildman–Crippen LogP) is 2.91. The van der Waals surface area contributed by atoms with Gasteiger partial charge in [-0.05, 0) is 25.6 Å². The van der Waals surface area contributed by atoms with E-state index in [1.165, 1.54) is 24.2 Å². The lowest BCUT2D eigenvalue weighted by Gasteiger charge is -2.39. The summed E-state index contributed by atoms with van der Waals surface area (Å²) in [5.74, 6) is 0.805. The number of hydroxylamine groups is 2. The largest absolute Gasteiger partial charge is 0.623 e. The third-order valence-electron chi connectivity index (χ3n) is 4.47. The van der Waals surface area contributed by atoms with Crippen LogP contribution in [0.2, 0.25) is 0 Å². The Balaban J connectivity index is 1.59. The average Bonchev–Trinajstić information content (AvgIpc) is 3.34. The van der Waals surface area contributed by atoms with Gasteiger partial charge in [0.05, 0.1) is 26.0 Å². The van der Waals surface area contributed by atoms with Gasteiger partial charge in [-0.25, -0.2) is 0 Å². The molecule has 0 radical (unpaired) electrons. The van der Waals surface area contributed by atoms with Gasteiger partial charge in [0.15, 0.2) is 6.17 Å². The quantitative estimate of drug-likeness (QED) is 0.385. The van der Waals surface area contributed by atoms with E-state index in [4.69, 9.17) is 9.15 Å². The van der Waals surface area contributed by atoms with E-state index in [-0.39, 0.29) is 6.17 Å². The highest BCUT2D eigenvalue weighted by atomic mass is 32.1. The number of hydrogen-bond acceptors (Lipinski definition) is 8. The van der Waals surface area contributed by atoms with Crippen LogP contribution in [-0.4, -0.2) is 48.1 Å². The van der Waals surface area contributed by atoms with Crippen LogP contribution in [0.3, 0.4) is 0 Å². The van der Waals surface area contributed by atoms with Crippen molar-refractivity contribution < 1.29 is 9.15 Å². The van der Waals surface area contributed by atoms with Crippen LogP contribution in [0.5, 0.6) is 5.19 Å². The Morgan fingerprint density at radius 2 is 2.31 bits per heavy atom. The molecule has 26 heavy (non-hydrogen) atoms. The number of aromatic nitrogens is 2. The summed E-state index contributed by atoms with van der Waals surface area (Å²) in [5, 5.41) is 25.9. The van der Waals surface area contributed by atoms with Gasteiger partial charge in [-0.3, -0.25) is 14.9 Å². The number of nitrogens with zero attached hydrogens (tertiary/aromatic N) is 4. The molecule has 8 nitrogen and oxygen atoms in total. The molecule has 3 heterocycles. The van der Waals surface area contributed by atoms with Crippen molar-refractivity contribution in [3.05, 3.63) is 29.4 Å². The SMILES string of the molecule is CCCCCCOc1nnc([N+]2([O-])CN(C)CC2NCc2ccco2)s1. The van der Waals surface area contributed by atoms with Crippen LogP contribution in [0.25, 0.3) is 0 Å². The van der Waals surface area contributed by atoms with Gasteiger partial charge in [0, 0.05) is 11.3 Å². The van der Waals surface area contributed by atoms with Gasteiger partial charge in [-0.15, -0.1) is 0 Å². The van der Waals surface area contributed by atoms with Gasteiger partial charge in [0.2, 0.25) is 0 Å². The topological polar surface area (TPSA) is 86.5 Å². The molecule has 2 unspecified atom stereocenters. The fourth-order valence-corrected chi connectivity index (χ4v) is 3.88. The molecular weight excluding hydrogens is 354 g/mol. The third kappa shape index (κ3) is 4.60. The van der Waals surface area contributed by atoms with E-state index in [1.807, 2.05) is 24.1 Å². The maximum atomic E-state index is 13.5. The van der Waals surface area contributed by atoms with Crippen molar-refractivity contribution in [3.63, 3.8) is 0 Å². The van der Waals surface area contributed by atoms with Crippen molar-refractivity contribution in [2.24, 2.45) is 0 Å². The van der Waals surface area contributed by atoms with Gasteiger partial charge in [-0.2, -0.15) is 0 Å². The van der Waals surface area contributed by atoms with Crippen molar-refractivity contribution in [2.45, 2.75) is 45.3 Å². The standard InChI is InChI=1S/C17H27N5O3S/c1-3-4-5-6-9-25-17-20-19-16(26-17)22(23)13-21(2)12-15(22)18-11-14-8-7-10-24-14/h7-8,10,15,18H,3-6,9,11-13H2,1-2H3. The molecular formula is C17H27N5O3S. The van der Waals surface area contributed by atoms with E-state index in [0.29, 0.717) is 36.7 Å². The Morgan fingerprint density at radius 3 is 3.08 bits per heavy atom. The van der Waals surface area contributed by atoms with Crippen molar-refractivity contribution in [3.8, 4) is 5.19 Å². The fraction of sp³-hybridized carbons (Fsp3) is 0.647. The first kappa shape index (κ1) is 19.2. The molecule has 2 atom stereocenters. The molecule has 0 amide bonds. The minimum Gasteiger partial charge on any atom is -0.623 e. The molecule has 3 rings (SSSR count). The van der Waals surface area contributed by atoms with E-state index < -0.39 is 4.65 Å². The van der Waals surface area contributed by atoms with E-state index in [0.717, 1.165) is 18.6 Å². The van der Waals surface area contributed by atoms with E-state index >= 15 is 0 Å². The molecule has 0 aromatic carbocycles. The molecule has 1 aliphatic heterocycles. The second-order valence-electron chi connectivity index (χ2n) is 6.71. The van der Waals surface area contributed by atoms with Crippen LogP contribution in [0.1, 0.15) is 38.4 Å².